The first-order valence-electron chi connectivity index (χ1n) is 9.73. The third-order valence-corrected chi connectivity index (χ3v) is 5.18. The van der Waals surface area contributed by atoms with Crippen LogP contribution in [0.1, 0.15) is 54.7 Å². The van der Waals surface area contributed by atoms with Gasteiger partial charge < -0.3 is 10.6 Å². The highest BCUT2D eigenvalue weighted by Crippen LogP contribution is 2.18. The van der Waals surface area contributed by atoms with E-state index in [2.05, 4.69) is 15.6 Å². The van der Waals surface area contributed by atoms with Gasteiger partial charge in [-0.1, -0.05) is 12.8 Å². The number of nitrogens with one attached hydrogen (secondary N) is 2. The van der Waals surface area contributed by atoms with E-state index in [1.165, 1.54) is 0 Å². The van der Waals surface area contributed by atoms with Crippen molar-refractivity contribution in [2.45, 2.75) is 57.5 Å². The van der Waals surface area contributed by atoms with E-state index in [4.69, 9.17) is 0 Å². The third-order valence-electron chi connectivity index (χ3n) is 5.18. The molecule has 27 heavy (non-hydrogen) atoms. The Hall–Kier alpha value is -2.70. The fourth-order valence-corrected chi connectivity index (χ4v) is 3.51. The van der Waals surface area contributed by atoms with Crippen molar-refractivity contribution >= 4 is 22.7 Å². The first kappa shape index (κ1) is 17.7. The van der Waals surface area contributed by atoms with Gasteiger partial charge in [0.15, 0.2) is 0 Å². The van der Waals surface area contributed by atoms with Crippen molar-refractivity contribution in [1.82, 2.24) is 20.2 Å². The largest absolute Gasteiger partial charge is 0.352 e. The zero-order valence-electron chi connectivity index (χ0n) is 15.3. The van der Waals surface area contributed by atoms with Crippen molar-refractivity contribution in [2.75, 3.05) is 6.54 Å². The summed E-state index contributed by atoms with van der Waals surface area (Å²) in [6.45, 7) is 0.656. The molecular formula is C20H24N4O3. The van der Waals surface area contributed by atoms with Gasteiger partial charge in [0.05, 0.1) is 17.4 Å². The average molecular weight is 368 g/mol. The molecule has 2 heterocycles. The Morgan fingerprint density at radius 1 is 1.15 bits per heavy atom. The molecule has 1 aromatic carbocycles. The van der Waals surface area contributed by atoms with Gasteiger partial charge in [-0.05, 0) is 43.9 Å². The number of carbonyl (C=O) groups is 2. The summed E-state index contributed by atoms with van der Waals surface area (Å²) in [6, 6.07) is 5.20. The van der Waals surface area contributed by atoms with Crippen LogP contribution in [0.3, 0.4) is 0 Å². The molecule has 1 aliphatic carbocycles. The summed E-state index contributed by atoms with van der Waals surface area (Å²) in [5, 5.41) is 5.99. The van der Waals surface area contributed by atoms with E-state index in [-0.39, 0.29) is 30.0 Å². The van der Waals surface area contributed by atoms with Crippen LogP contribution in [-0.4, -0.2) is 34.0 Å². The van der Waals surface area contributed by atoms with Gasteiger partial charge in [0.1, 0.15) is 5.82 Å². The van der Waals surface area contributed by atoms with Crippen LogP contribution < -0.4 is 16.2 Å². The maximum Gasteiger partial charge on any atom is 0.261 e. The molecule has 1 aromatic heterocycles. The van der Waals surface area contributed by atoms with E-state index in [0.29, 0.717) is 23.0 Å². The summed E-state index contributed by atoms with van der Waals surface area (Å²) in [6.07, 6.45) is 7.10. The van der Waals surface area contributed by atoms with Gasteiger partial charge in [-0.3, -0.25) is 19.0 Å². The topological polar surface area (TPSA) is 93.1 Å². The summed E-state index contributed by atoms with van der Waals surface area (Å²) < 4.78 is 1.78. The highest BCUT2D eigenvalue weighted by Gasteiger charge is 2.23. The number of carbonyl (C=O) groups excluding carboxylic acids is 2. The lowest BCUT2D eigenvalue weighted by Gasteiger charge is -2.16. The summed E-state index contributed by atoms with van der Waals surface area (Å²) in [4.78, 5) is 41.6. The second-order valence-corrected chi connectivity index (χ2v) is 7.41. The molecule has 1 saturated carbocycles. The molecule has 0 radical (unpaired) electrons. The van der Waals surface area contributed by atoms with Gasteiger partial charge >= 0.3 is 0 Å². The standard InChI is InChI=1S/C20H24N4O3/c25-18(22-14-7-8-14)12-21-19(26)13-6-9-15-16(11-13)23-17-5-3-1-2-4-10-24(17)20(15)27/h6,9,11,14H,1-5,7-8,10,12H2,(H,21,26)(H,22,25). The second-order valence-electron chi connectivity index (χ2n) is 7.41. The predicted molar refractivity (Wildman–Crippen MR) is 102 cm³/mol. The molecule has 0 bridgehead atoms. The lowest BCUT2D eigenvalue weighted by molar-refractivity contribution is -0.120. The van der Waals surface area contributed by atoms with Crippen LogP contribution in [0.2, 0.25) is 0 Å². The van der Waals surface area contributed by atoms with Gasteiger partial charge in [0.25, 0.3) is 11.5 Å². The monoisotopic (exact) mass is 368 g/mol. The van der Waals surface area contributed by atoms with E-state index in [1.54, 1.807) is 22.8 Å². The SMILES string of the molecule is O=C(CNC(=O)c1ccc2c(=O)n3c(nc2c1)CCCCCC3)NC1CC1. The van der Waals surface area contributed by atoms with E-state index in [1.807, 2.05) is 0 Å². The summed E-state index contributed by atoms with van der Waals surface area (Å²) in [7, 11) is 0. The fourth-order valence-electron chi connectivity index (χ4n) is 3.51. The minimum absolute atomic E-state index is 0.0346. The van der Waals surface area contributed by atoms with Crippen molar-refractivity contribution in [1.29, 1.82) is 0 Å². The molecule has 1 aliphatic heterocycles. The Balaban J connectivity index is 1.55. The molecule has 0 saturated heterocycles. The van der Waals surface area contributed by atoms with E-state index < -0.39 is 0 Å². The zero-order chi connectivity index (χ0) is 18.8. The van der Waals surface area contributed by atoms with Crippen molar-refractivity contribution in [3.05, 3.63) is 39.9 Å². The molecule has 2 aliphatic rings. The van der Waals surface area contributed by atoms with Crippen LogP contribution >= 0.6 is 0 Å². The van der Waals surface area contributed by atoms with Crippen LogP contribution in [0.15, 0.2) is 23.0 Å². The van der Waals surface area contributed by atoms with Crippen LogP contribution in [0.5, 0.6) is 0 Å². The Morgan fingerprint density at radius 2 is 1.96 bits per heavy atom. The van der Waals surface area contributed by atoms with Gasteiger partial charge in [0, 0.05) is 24.6 Å². The number of rotatable bonds is 4. The number of fused-ring (bicyclic) bond motifs is 2. The molecule has 0 atom stereocenters. The molecule has 2 aromatic rings. The molecule has 142 valence electrons. The molecule has 7 heteroatoms. The van der Waals surface area contributed by atoms with Gasteiger partial charge in [0.2, 0.25) is 5.91 Å². The second kappa shape index (κ2) is 7.50. The Bertz CT molecular complexity index is 946. The molecule has 1 fully saturated rings. The average Bonchev–Trinajstić information content (AvgIpc) is 3.45. The Labute approximate surface area is 157 Å². The van der Waals surface area contributed by atoms with E-state index in [9.17, 15) is 14.4 Å². The maximum atomic E-state index is 12.8. The number of hydrogen-bond acceptors (Lipinski definition) is 4. The first-order chi connectivity index (χ1) is 13.1. The van der Waals surface area contributed by atoms with Gasteiger partial charge in [-0.2, -0.15) is 0 Å². The normalized spacial score (nSPS) is 16.9. The van der Waals surface area contributed by atoms with Crippen molar-refractivity contribution in [2.24, 2.45) is 0 Å². The summed E-state index contributed by atoms with van der Waals surface area (Å²) >= 11 is 0. The molecular weight excluding hydrogens is 344 g/mol. The van der Waals surface area contributed by atoms with Crippen LogP contribution in [0.4, 0.5) is 0 Å². The lowest BCUT2D eigenvalue weighted by atomic mass is 10.1. The van der Waals surface area contributed by atoms with Gasteiger partial charge in [-0.15, -0.1) is 0 Å². The molecule has 0 spiro atoms. The smallest absolute Gasteiger partial charge is 0.261 e. The van der Waals surface area contributed by atoms with Crippen molar-refractivity contribution < 1.29 is 9.59 Å². The minimum Gasteiger partial charge on any atom is -0.352 e. The fraction of sp³-hybridized carbons (Fsp3) is 0.500. The lowest BCUT2D eigenvalue weighted by Crippen LogP contribution is -2.37. The van der Waals surface area contributed by atoms with Crippen LogP contribution in [-0.2, 0) is 17.8 Å². The highest BCUT2D eigenvalue weighted by atomic mass is 16.2. The van der Waals surface area contributed by atoms with E-state index >= 15 is 0 Å². The number of aryl methyl sites for hydroxylation is 1. The molecule has 0 unspecified atom stereocenters. The number of hydrogen-bond donors (Lipinski definition) is 2. The van der Waals surface area contributed by atoms with Crippen molar-refractivity contribution in [3.63, 3.8) is 0 Å². The number of aromatic nitrogens is 2. The minimum atomic E-state index is -0.337. The first-order valence-corrected chi connectivity index (χ1v) is 9.73. The number of benzene rings is 1. The Morgan fingerprint density at radius 3 is 2.78 bits per heavy atom. The zero-order valence-corrected chi connectivity index (χ0v) is 15.3. The molecule has 2 N–H and O–H groups in total. The highest BCUT2D eigenvalue weighted by molar-refractivity contribution is 5.99. The maximum absolute atomic E-state index is 12.8. The molecule has 4 rings (SSSR count). The predicted octanol–water partition coefficient (Wildman–Crippen LogP) is 1.52. The van der Waals surface area contributed by atoms with Gasteiger partial charge in [-0.25, -0.2) is 4.98 Å². The quantitative estimate of drug-likeness (QED) is 0.856. The number of nitrogens with zero attached hydrogens (tertiary/aromatic N) is 2. The summed E-state index contributed by atoms with van der Waals surface area (Å²) in [5.41, 5.74) is 0.916. The van der Waals surface area contributed by atoms with Crippen LogP contribution in [0.25, 0.3) is 10.9 Å². The Kier molecular flexibility index (Phi) is 4.92. The van der Waals surface area contributed by atoms with Crippen LogP contribution in [0, 0.1) is 0 Å². The third kappa shape index (κ3) is 4.02. The number of amides is 2. The van der Waals surface area contributed by atoms with E-state index in [0.717, 1.165) is 50.8 Å². The van der Waals surface area contributed by atoms with Crippen molar-refractivity contribution in [3.8, 4) is 0 Å². The molecule has 7 nitrogen and oxygen atoms in total. The summed E-state index contributed by atoms with van der Waals surface area (Å²) in [5.74, 6) is 0.287. The molecule has 2 amide bonds.